The van der Waals surface area contributed by atoms with Crippen molar-refractivity contribution >= 4 is 17.0 Å². The van der Waals surface area contributed by atoms with Crippen LogP contribution in [0.3, 0.4) is 0 Å². The zero-order chi connectivity index (χ0) is 14.8. The number of oxazole rings is 1. The molecule has 106 valence electrons. The molecule has 6 nitrogen and oxygen atoms in total. The summed E-state index contributed by atoms with van der Waals surface area (Å²) in [6.45, 7) is 0.349. The molecule has 0 fully saturated rings. The molecule has 0 saturated carbocycles. The number of nitrogens with one attached hydrogen (secondary N) is 1. The van der Waals surface area contributed by atoms with E-state index in [0.717, 1.165) is 11.1 Å². The zero-order valence-electron chi connectivity index (χ0n) is 11.4. The quantitative estimate of drug-likeness (QED) is 0.789. The fraction of sp³-hybridized carbons (Fsp3) is 0.133. The van der Waals surface area contributed by atoms with Crippen molar-refractivity contribution in [3.8, 4) is 0 Å². The fourth-order valence-electron chi connectivity index (χ4n) is 2.07. The lowest BCUT2D eigenvalue weighted by Gasteiger charge is -2.05. The first-order valence-corrected chi connectivity index (χ1v) is 6.42. The first kappa shape index (κ1) is 13.1. The Morgan fingerprint density at radius 1 is 1.38 bits per heavy atom. The number of pyridine rings is 1. The summed E-state index contributed by atoms with van der Waals surface area (Å²) in [5.41, 5.74) is 2.59. The van der Waals surface area contributed by atoms with Crippen LogP contribution in [0.2, 0.25) is 0 Å². The minimum atomic E-state index is -0.401. The zero-order valence-corrected chi connectivity index (χ0v) is 11.4. The average Bonchev–Trinajstić information content (AvgIpc) is 2.80. The highest BCUT2D eigenvalue weighted by atomic mass is 16.4. The van der Waals surface area contributed by atoms with E-state index in [1.54, 1.807) is 37.5 Å². The number of rotatable bonds is 3. The highest BCUT2D eigenvalue weighted by Crippen LogP contribution is 2.14. The monoisotopic (exact) mass is 283 g/mol. The van der Waals surface area contributed by atoms with Gasteiger partial charge in [-0.3, -0.25) is 14.3 Å². The standard InChI is InChI=1S/C15H13N3O3/c1-18-12-5-4-10(7-13(12)21-15(18)20)8-17-14(19)11-3-2-6-16-9-11/h2-7,9H,8H2,1H3,(H,17,19). The van der Waals surface area contributed by atoms with E-state index >= 15 is 0 Å². The summed E-state index contributed by atoms with van der Waals surface area (Å²) < 4.78 is 6.55. The van der Waals surface area contributed by atoms with Gasteiger partial charge >= 0.3 is 5.76 Å². The average molecular weight is 283 g/mol. The molecule has 0 aliphatic rings. The molecule has 0 atom stereocenters. The van der Waals surface area contributed by atoms with Crippen molar-refractivity contribution in [2.45, 2.75) is 6.54 Å². The topological polar surface area (TPSA) is 77.1 Å². The minimum absolute atomic E-state index is 0.197. The third-order valence-electron chi connectivity index (χ3n) is 3.23. The Labute approximate surface area is 120 Å². The van der Waals surface area contributed by atoms with Crippen LogP contribution in [-0.4, -0.2) is 15.5 Å². The maximum absolute atomic E-state index is 11.9. The van der Waals surface area contributed by atoms with E-state index < -0.39 is 5.76 Å². The smallest absolute Gasteiger partial charge is 0.408 e. The number of carbonyl (C=O) groups excluding carboxylic acids is 1. The largest absolute Gasteiger partial charge is 0.419 e. The van der Waals surface area contributed by atoms with Gasteiger partial charge in [0.15, 0.2) is 5.58 Å². The molecule has 1 aromatic carbocycles. The van der Waals surface area contributed by atoms with Crippen molar-refractivity contribution in [1.29, 1.82) is 0 Å². The molecule has 0 unspecified atom stereocenters. The first-order chi connectivity index (χ1) is 10.1. The highest BCUT2D eigenvalue weighted by Gasteiger charge is 2.08. The van der Waals surface area contributed by atoms with E-state index in [1.807, 2.05) is 6.07 Å². The molecule has 0 aliphatic heterocycles. The Morgan fingerprint density at radius 3 is 3.00 bits per heavy atom. The number of aromatic nitrogens is 2. The normalized spacial score (nSPS) is 10.7. The number of hydrogen-bond acceptors (Lipinski definition) is 4. The van der Waals surface area contributed by atoms with Gasteiger partial charge in [-0.05, 0) is 29.8 Å². The van der Waals surface area contributed by atoms with Crippen LogP contribution >= 0.6 is 0 Å². The molecule has 0 aliphatic carbocycles. The second kappa shape index (κ2) is 5.24. The van der Waals surface area contributed by atoms with Crippen molar-refractivity contribution in [1.82, 2.24) is 14.9 Å². The maximum atomic E-state index is 11.9. The summed E-state index contributed by atoms with van der Waals surface area (Å²) in [5.74, 6) is -0.598. The lowest BCUT2D eigenvalue weighted by atomic mass is 10.2. The number of benzene rings is 1. The van der Waals surface area contributed by atoms with E-state index in [0.29, 0.717) is 17.7 Å². The van der Waals surface area contributed by atoms with E-state index in [-0.39, 0.29) is 5.91 Å². The SMILES string of the molecule is Cn1c(=O)oc2cc(CNC(=O)c3cccnc3)ccc21. The molecule has 3 rings (SSSR count). The Kier molecular flexibility index (Phi) is 3.27. The van der Waals surface area contributed by atoms with Crippen molar-refractivity contribution in [2.75, 3.05) is 0 Å². The Morgan fingerprint density at radius 2 is 2.24 bits per heavy atom. The van der Waals surface area contributed by atoms with E-state index in [4.69, 9.17) is 4.42 Å². The second-order valence-electron chi connectivity index (χ2n) is 4.65. The van der Waals surface area contributed by atoms with Gasteiger partial charge in [0.1, 0.15) is 0 Å². The molecule has 2 aromatic heterocycles. The van der Waals surface area contributed by atoms with E-state index in [9.17, 15) is 9.59 Å². The van der Waals surface area contributed by atoms with Crippen molar-refractivity contribution in [2.24, 2.45) is 7.05 Å². The predicted octanol–water partition coefficient (Wildman–Crippen LogP) is 1.46. The number of nitrogens with zero attached hydrogens (tertiary/aromatic N) is 2. The summed E-state index contributed by atoms with van der Waals surface area (Å²) in [6, 6.07) is 8.80. The molecule has 6 heteroatoms. The maximum Gasteiger partial charge on any atom is 0.419 e. The van der Waals surface area contributed by atoms with Gasteiger partial charge in [0, 0.05) is 26.0 Å². The molecule has 0 spiro atoms. The molecule has 1 N–H and O–H groups in total. The van der Waals surface area contributed by atoms with E-state index in [1.165, 1.54) is 10.8 Å². The molecule has 2 heterocycles. The first-order valence-electron chi connectivity index (χ1n) is 6.42. The molecular weight excluding hydrogens is 270 g/mol. The number of hydrogen-bond donors (Lipinski definition) is 1. The summed E-state index contributed by atoms with van der Waals surface area (Å²) in [7, 11) is 1.65. The van der Waals surface area contributed by atoms with E-state index in [2.05, 4.69) is 10.3 Å². The molecule has 0 bridgehead atoms. The number of aryl methyl sites for hydroxylation is 1. The predicted molar refractivity (Wildman–Crippen MR) is 76.9 cm³/mol. The fourth-order valence-corrected chi connectivity index (χ4v) is 2.07. The molecule has 0 saturated heterocycles. The van der Waals surface area contributed by atoms with Crippen LogP contribution in [0.5, 0.6) is 0 Å². The Hall–Kier alpha value is -2.89. The van der Waals surface area contributed by atoms with Gasteiger partial charge in [-0.2, -0.15) is 0 Å². The van der Waals surface area contributed by atoms with Crippen LogP contribution in [0.4, 0.5) is 0 Å². The minimum Gasteiger partial charge on any atom is -0.408 e. The van der Waals surface area contributed by atoms with Crippen LogP contribution < -0.4 is 11.1 Å². The van der Waals surface area contributed by atoms with Crippen LogP contribution in [0, 0.1) is 0 Å². The number of carbonyl (C=O) groups is 1. The molecule has 3 aromatic rings. The third-order valence-corrected chi connectivity index (χ3v) is 3.23. The van der Waals surface area contributed by atoms with Gasteiger partial charge in [-0.25, -0.2) is 4.79 Å². The van der Waals surface area contributed by atoms with Crippen LogP contribution in [0.25, 0.3) is 11.1 Å². The van der Waals surface area contributed by atoms with Gasteiger partial charge in [0.2, 0.25) is 0 Å². The second-order valence-corrected chi connectivity index (χ2v) is 4.65. The van der Waals surface area contributed by atoms with Crippen LogP contribution in [0.15, 0.2) is 51.9 Å². The summed E-state index contributed by atoms with van der Waals surface area (Å²) >= 11 is 0. The summed E-state index contributed by atoms with van der Waals surface area (Å²) in [4.78, 5) is 27.2. The Balaban J connectivity index is 1.76. The van der Waals surface area contributed by atoms with Gasteiger partial charge in [-0.15, -0.1) is 0 Å². The lowest BCUT2D eigenvalue weighted by molar-refractivity contribution is 0.0950. The number of amides is 1. The van der Waals surface area contributed by atoms with Gasteiger partial charge in [0.05, 0.1) is 11.1 Å². The van der Waals surface area contributed by atoms with Crippen LogP contribution in [0.1, 0.15) is 15.9 Å². The molecule has 21 heavy (non-hydrogen) atoms. The van der Waals surface area contributed by atoms with Gasteiger partial charge in [0.25, 0.3) is 5.91 Å². The molecule has 0 radical (unpaired) electrons. The van der Waals surface area contributed by atoms with Gasteiger partial charge < -0.3 is 9.73 Å². The third kappa shape index (κ3) is 2.55. The molecule has 1 amide bonds. The van der Waals surface area contributed by atoms with Crippen molar-refractivity contribution < 1.29 is 9.21 Å². The number of fused-ring (bicyclic) bond motifs is 1. The molecular formula is C15H13N3O3. The van der Waals surface area contributed by atoms with Crippen molar-refractivity contribution in [3.05, 3.63) is 64.4 Å². The summed E-state index contributed by atoms with van der Waals surface area (Å²) in [5, 5.41) is 2.80. The van der Waals surface area contributed by atoms with Crippen molar-refractivity contribution in [3.63, 3.8) is 0 Å². The lowest BCUT2D eigenvalue weighted by Crippen LogP contribution is -2.22. The Bertz CT molecular complexity index is 849. The van der Waals surface area contributed by atoms with Gasteiger partial charge in [-0.1, -0.05) is 6.07 Å². The summed E-state index contributed by atoms with van der Waals surface area (Å²) in [6.07, 6.45) is 3.12. The highest BCUT2D eigenvalue weighted by molar-refractivity contribution is 5.93. The van der Waals surface area contributed by atoms with Crippen LogP contribution in [-0.2, 0) is 13.6 Å².